The largest absolute Gasteiger partial charge is 0.395 e. The van der Waals surface area contributed by atoms with Crippen LogP contribution in [0.3, 0.4) is 0 Å². The molecule has 1 aromatic rings. The molecule has 7 heteroatoms. The maximum atomic E-state index is 12.7. The first-order chi connectivity index (χ1) is 9.52. The fourth-order valence-electron chi connectivity index (χ4n) is 1.33. The molecule has 0 heterocycles. The highest BCUT2D eigenvalue weighted by atomic mass is 32.2. The molecule has 0 spiro atoms. The minimum absolute atomic E-state index is 0.116. The molecule has 0 aliphatic rings. The SMILES string of the molecule is CC(SCC(=O)Nc1ccc(F)cc1)C(=O)NCCO. The lowest BCUT2D eigenvalue weighted by molar-refractivity contribution is -0.120. The molecule has 20 heavy (non-hydrogen) atoms. The standard InChI is InChI=1S/C13H17FN2O3S/c1-9(13(19)15-6-7-17)20-8-12(18)16-11-4-2-10(14)3-5-11/h2-5,9,17H,6-8H2,1H3,(H,15,19)(H,16,18). The molecular formula is C13H17FN2O3S. The number of rotatable bonds is 7. The van der Waals surface area contributed by atoms with Gasteiger partial charge in [0.1, 0.15) is 5.82 Å². The van der Waals surface area contributed by atoms with E-state index in [2.05, 4.69) is 10.6 Å². The zero-order valence-corrected chi connectivity index (χ0v) is 11.9. The van der Waals surface area contributed by atoms with E-state index in [0.29, 0.717) is 5.69 Å². The fourth-order valence-corrected chi connectivity index (χ4v) is 2.04. The summed E-state index contributed by atoms with van der Waals surface area (Å²) >= 11 is 1.19. The molecule has 0 aliphatic carbocycles. The second kappa shape index (κ2) is 8.55. The third-order valence-electron chi connectivity index (χ3n) is 2.37. The van der Waals surface area contributed by atoms with E-state index in [9.17, 15) is 14.0 Å². The maximum Gasteiger partial charge on any atom is 0.234 e. The average molecular weight is 300 g/mol. The Morgan fingerprint density at radius 3 is 2.60 bits per heavy atom. The second-order valence-electron chi connectivity index (χ2n) is 4.02. The third kappa shape index (κ3) is 6.03. The number of thioether (sulfide) groups is 1. The molecule has 1 atom stereocenters. The molecule has 1 aromatic carbocycles. The van der Waals surface area contributed by atoms with Crippen LogP contribution in [0.5, 0.6) is 0 Å². The van der Waals surface area contributed by atoms with Gasteiger partial charge in [-0.05, 0) is 31.2 Å². The monoisotopic (exact) mass is 300 g/mol. The Balaban J connectivity index is 2.32. The number of halogens is 1. The van der Waals surface area contributed by atoms with Crippen LogP contribution in [0.1, 0.15) is 6.92 Å². The number of nitrogens with one attached hydrogen (secondary N) is 2. The molecular weight excluding hydrogens is 283 g/mol. The van der Waals surface area contributed by atoms with Gasteiger partial charge in [-0.1, -0.05) is 0 Å². The number of carbonyl (C=O) groups excluding carboxylic acids is 2. The summed E-state index contributed by atoms with van der Waals surface area (Å²) < 4.78 is 12.7. The second-order valence-corrected chi connectivity index (χ2v) is 5.35. The highest BCUT2D eigenvalue weighted by Crippen LogP contribution is 2.12. The maximum absolute atomic E-state index is 12.7. The van der Waals surface area contributed by atoms with Gasteiger partial charge in [0.2, 0.25) is 11.8 Å². The Morgan fingerprint density at radius 1 is 1.35 bits per heavy atom. The van der Waals surface area contributed by atoms with E-state index in [0.717, 1.165) is 0 Å². The summed E-state index contributed by atoms with van der Waals surface area (Å²) in [6.07, 6.45) is 0. The molecule has 3 N–H and O–H groups in total. The molecule has 0 saturated heterocycles. The highest BCUT2D eigenvalue weighted by Gasteiger charge is 2.14. The number of aliphatic hydroxyl groups is 1. The van der Waals surface area contributed by atoms with Crippen molar-refractivity contribution < 1.29 is 19.1 Å². The highest BCUT2D eigenvalue weighted by molar-refractivity contribution is 8.01. The van der Waals surface area contributed by atoms with Gasteiger partial charge in [0.15, 0.2) is 0 Å². The van der Waals surface area contributed by atoms with Crippen molar-refractivity contribution in [1.82, 2.24) is 5.32 Å². The van der Waals surface area contributed by atoms with Crippen LogP contribution in [0.25, 0.3) is 0 Å². The number of aliphatic hydroxyl groups excluding tert-OH is 1. The van der Waals surface area contributed by atoms with E-state index < -0.39 is 0 Å². The summed E-state index contributed by atoms with van der Waals surface area (Å²) in [5, 5.41) is 13.3. The zero-order valence-electron chi connectivity index (χ0n) is 11.1. The summed E-state index contributed by atoms with van der Waals surface area (Å²) in [7, 11) is 0. The average Bonchev–Trinajstić information content (AvgIpc) is 2.44. The molecule has 0 radical (unpaired) electrons. The normalized spacial score (nSPS) is 11.8. The van der Waals surface area contributed by atoms with Gasteiger partial charge in [-0.2, -0.15) is 0 Å². The number of hydrogen-bond acceptors (Lipinski definition) is 4. The van der Waals surface area contributed by atoms with Gasteiger partial charge in [-0.25, -0.2) is 4.39 Å². The van der Waals surface area contributed by atoms with E-state index in [1.807, 2.05) is 0 Å². The summed E-state index contributed by atoms with van der Waals surface area (Å²) in [4.78, 5) is 23.1. The van der Waals surface area contributed by atoms with Crippen LogP contribution < -0.4 is 10.6 Å². The molecule has 1 rings (SSSR count). The van der Waals surface area contributed by atoms with Crippen LogP contribution in [0, 0.1) is 5.82 Å². The number of amides is 2. The first-order valence-electron chi connectivity index (χ1n) is 6.08. The Kier molecular flexibility index (Phi) is 7.03. The smallest absolute Gasteiger partial charge is 0.234 e. The van der Waals surface area contributed by atoms with Crippen LogP contribution in [0.2, 0.25) is 0 Å². The summed E-state index contributed by atoms with van der Waals surface area (Å²) in [5.41, 5.74) is 0.509. The Labute approximate surface area is 120 Å². The predicted octanol–water partition coefficient (Wildman–Crippen LogP) is 0.994. The fraction of sp³-hybridized carbons (Fsp3) is 0.385. The van der Waals surface area contributed by atoms with E-state index in [-0.39, 0.29) is 41.8 Å². The van der Waals surface area contributed by atoms with Crippen LogP contribution >= 0.6 is 11.8 Å². The van der Waals surface area contributed by atoms with Crippen LogP contribution in [0.15, 0.2) is 24.3 Å². The Morgan fingerprint density at radius 2 is 2.00 bits per heavy atom. The van der Waals surface area contributed by atoms with Crippen molar-refractivity contribution in [3.63, 3.8) is 0 Å². The lowest BCUT2D eigenvalue weighted by atomic mass is 10.3. The Hall–Kier alpha value is -1.60. The molecule has 0 saturated carbocycles. The minimum atomic E-state index is -0.388. The molecule has 0 fully saturated rings. The topological polar surface area (TPSA) is 78.4 Å². The van der Waals surface area contributed by atoms with Crippen LogP contribution in [-0.4, -0.2) is 41.1 Å². The van der Waals surface area contributed by atoms with Crippen molar-refractivity contribution in [1.29, 1.82) is 0 Å². The first-order valence-corrected chi connectivity index (χ1v) is 7.13. The lowest BCUT2D eigenvalue weighted by Gasteiger charge is -2.11. The number of benzene rings is 1. The van der Waals surface area contributed by atoms with Crippen molar-refractivity contribution in [3.05, 3.63) is 30.1 Å². The van der Waals surface area contributed by atoms with Crippen molar-refractivity contribution in [2.24, 2.45) is 0 Å². The van der Waals surface area contributed by atoms with Crippen molar-refractivity contribution in [2.45, 2.75) is 12.2 Å². The van der Waals surface area contributed by atoms with E-state index in [4.69, 9.17) is 5.11 Å². The number of hydrogen-bond donors (Lipinski definition) is 3. The quantitative estimate of drug-likeness (QED) is 0.702. The third-order valence-corrected chi connectivity index (χ3v) is 3.52. The molecule has 0 aliphatic heterocycles. The first kappa shape index (κ1) is 16.5. The summed E-state index contributed by atoms with van der Waals surface area (Å²) in [6.45, 7) is 1.77. The molecule has 5 nitrogen and oxygen atoms in total. The van der Waals surface area contributed by atoms with Gasteiger partial charge in [-0.15, -0.1) is 11.8 Å². The summed E-state index contributed by atoms with van der Waals surface area (Å²) in [6, 6.07) is 5.45. The van der Waals surface area contributed by atoms with Crippen molar-refractivity contribution in [2.75, 3.05) is 24.2 Å². The Bertz CT molecular complexity index is 453. The van der Waals surface area contributed by atoms with E-state index in [1.165, 1.54) is 36.0 Å². The molecule has 0 aromatic heterocycles. The van der Waals surface area contributed by atoms with Gasteiger partial charge in [0.25, 0.3) is 0 Å². The number of carbonyl (C=O) groups is 2. The predicted molar refractivity (Wildman–Crippen MR) is 77.0 cm³/mol. The van der Waals surface area contributed by atoms with Gasteiger partial charge in [0, 0.05) is 12.2 Å². The number of anilines is 1. The van der Waals surface area contributed by atoms with Crippen molar-refractivity contribution >= 4 is 29.3 Å². The van der Waals surface area contributed by atoms with E-state index in [1.54, 1.807) is 6.92 Å². The molecule has 110 valence electrons. The van der Waals surface area contributed by atoms with Crippen LogP contribution in [0.4, 0.5) is 10.1 Å². The molecule has 0 bridgehead atoms. The minimum Gasteiger partial charge on any atom is -0.395 e. The van der Waals surface area contributed by atoms with Gasteiger partial charge in [-0.3, -0.25) is 9.59 Å². The van der Waals surface area contributed by atoms with Crippen LogP contribution in [-0.2, 0) is 9.59 Å². The van der Waals surface area contributed by atoms with Gasteiger partial charge < -0.3 is 15.7 Å². The lowest BCUT2D eigenvalue weighted by Crippen LogP contribution is -2.33. The van der Waals surface area contributed by atoms with E-state index >= 15 is 0 Å². The van der Waals surface area contributed by atoms with Gasteiger partial charge >= 0.3 is 0 Å². The van der Waals surface area contributed by atoms with Crippen molar-refractivity contribution in [3.8, 4) is 0 Å². The summed E-state index contributed by atoms with van der Waals surface area (Å²) in [5.74, 6) is -0.737. The zero-order chi connectivity index (χ0) is 15.0. The molecule has 1 unspecified atom stereocenters. The van der Waals surface area contributed by atoms with Gasteiger partial charge in [0.05, 0.1) is 17.6 Å². The molecule has 2 amide bonds.